The van der Waals surface area contributed by atoms with E-state index >= 15 is 0 Å². The molecule has 2 rings (SSSR count). The first-order valence-electron chi connectivity index (χ1n) is 5.79. The third kappa shape index (κ3) is 2.61. The van der Waals surface area contributed by atoms with E-state index in [9.17, 15) is 0 Å². The smallest absolute Gasteiger partial charge is 0.120 e. The predicted octanol–water partition coefficient (Wildman–Crippen LogP) is 2.26. The zero-order valence-corrected chi connectivity index (χ0v) is 11.6. The van der Waals surface area contributed by atoms with Crippen LogP contribution in [0.2, 0.25) is 0 Å². The summed E-state index contributed by atoms with van der Waals surface area (Å²) < 4.78 is 1.92. The molecule has 2 aromatic rings. The van der Waals surface area contributed by atoms with Gasteiger partial charge in [-0.3, -0.25) is 0 Å². The second kappa shape index (κ2) is 5.34. The highest BCUT2D eigenvalue weighted by molar-refractivity contribution is 7.09. The lowest BCUT2D eigenvalue weighted by Gasteiger charge is -2.03. The Hall–Kier alpha value is -1.64. The van der Waals surface area contributed by atoms with Crippen molar-refractivity contribution in [3.8, 4) is 6.07 Å². The Bertz CT molecular complexity index is 589. The molecule has 2 aromatic heterocycles. The van der Waals surface area contributed by atoms with E-state index in [0.717, 1.165) is 29.5 Å². The molecule has 0 fully saturated rings. The van der Waals surface area contributed by atoms with Gasteiger partial charge < -0.3 is 9.88 Å². The SMILES string of the molecule is Cc1nc(CNCc2cc(C#N)n(C)c2C)cs1. The molecule has 94 valence electrons. The van der Waals surface area contributed by atoms with Crippen LogP contribution in [0, 0.1) is 25.2 Å². The molecule has 0 unspecified atom stereocenters. The van der Waals surface area contributed by atoms with Crippen molar-refractivity contribution < 1.29 is 0 Å². The fourth-order valence-corrected chi connectivity index (χ4v) is 2.48. The molecule has 5 heteroatoms. The van der Waals surface area contributed by atoms with Gasteiger partial charge in [-0.15, -0.1) is 11.3 Å². The molecule has 4 nitrogen and oxygen atoms in total. The van der Waals surface area contributed by atoms with E-state index in [1.54, 1.807) is 11.3 Å². The van der Waals surface area contributed by atoms with Gasteiger partial charge in [0.1, 0.15) is 11.8 Å². The van der Waals surface area contributed by atoms with Crippen LogP contribution in [0.1, 0.15) is 27.7 Å². The third-order valence-electron chi connectivity index (χ3n) is 3.04. The van der Waals surface area contributed by atoms with E-state index in [4.69, 9.17) is 5.26 Å². The second-order valence-electron chi connectivity index (χ2n) is 4.27. The Kier molecular flexibility index (Phi) is 3.80. The summed E-state index contributed by atoms with van der Waals surface area (Å²) in [5, 5.41) is 15.5. The Labute approximate surface area is 111 Å². The van der Waals surface area contributed by atoms with Crippen molar-refractivity contribution in [3.63, 3.8) is 0 Å². The van der Waals surface area contributed by atoms with Gasteiger partial charge in [0.2, 0.25) is 0 Å². The van der Waals surface area contributed by atoms with Crippen molar-refractivity contribution in [2.75, 3.05) is 0 Å². The molecular formula is C13H16N4S. The molecule has 0 spiro atoms. The minimum atomic E-state index is 0.703. The van der Waals surface area contributed by atoms with Crippen LogP contribution in [-0.2, 0) is 20.1 Å². The highest BCUT2D eigenvalue weighted by atomic mass is 32.1. The normalized spacial score (nSPS) is 10.6. The monoisotopic (exact) mass is 260 g/mol. The van der Waals surface area contributed by atoms with Gasteiger partial charge in [-0.2, -0.15) is 5.26 Å². The van der Waals surface area contributed by atoms with Crippen LogP contribution < -0.4 is 5.32 Å². The lowest BCUT2D eigenvalue weighted by molar-refractivity contribution is 0.676. The van der Waals surface area contributed by atoms with Crippen molar-refractivity contribution in [2.45, 2.75) is 26.9 Å². The summed E-state index contributed by atoms with van der Waals surface area (Å²) in [5.74, 6) is 0. The average Bonchev–Trinajstić information content (AvgIpc) is 2.88. The zero-order chi connectivity index (χ0) is 13.1. The Morgan fingerprint density at radius 1 is 1.44 bits per heavy atom. The van der Waals surface area contributed by atoms with Gasteiger partial charge in [0, 0.05) is 31.2 Å². The summed E-state index contributed by atoms with van der Waals surface area (Å²) in [5.41, 5.74) is 4.08. The van der Waals surface area contributed by atoms with Gasteiger partial charge in [-0.25, -0.2) is 4.98 Å². The molecule has 0 aromatic carbocycles. The highest BCUT2D eigenvalue weighted by Crippen LogP contribution is 2.13. The van der Waals surface area contributed by atoms with Gasteiger partial charge in [0.25, 0.3) is 0 Å². The first kappa shape index (κ1) is 12.8. The summed E-state index contributed by atoms with van der Waals surface area (Å²) in [4.78, 5) is 4.40. The van der Waals surface area contributed by atoms with Crippen LogP contribution in [-0.4, -0.2) is 9.55 Å². The van der Waals surface area contributed by atoms with Crippen molar-refractivity contribution in [3.05, 3.63) is 39.1 Å². The van der Waals surface area contributed by atoms with E-state index in [0.29, 0.717) is 5.69 Å². The van der Waals surface area contributed by atoms with Crippen LogP contribution in [0.5, 0.6) is 0 Å². The highest BCUT2D eigenvalue weighted by Gasteiger charge is 2.08. The number of thiazole rings is 1. The molecule has 2 heterocycles. The largest absolute Gasteiger partial charge is 0.340 e. The summed E-state index contributed by atoms with van der Waals surface area (Å²) in [6.07, 6.45) is 0. The molecule has 0 saturated heterocycles. The van der Waals surface area contributed by atoms with Crippen LogP contribution in [0.15, 0.2) is 11.4 Å². The van der Waals surface area contributed by atoms with Gasteiger partial charge in [-0.1, -0.05) is 0 Å². The molecule has 0 atom stereocenters. The average molecular weight is 260 g/mol. The van der Waals surface area contributed by atoms with E-state index in [1.165, 1.54) is 5.56 Å². The molecule has 18 heavy (non-hydrogen) atoms. The fraction of sp³-hybridized carbons (Fsp3) is 0.385. The van der Waals surface area contributed by atoms with E-state index in [1.807, 2.05) is 31.5 Å². The molecule has 0 saturated carbocycles. The van der Waals surface area contributed by atoms with Crippen LogP contribution >= 0.6 is 11.3 Å². The van der Waals surface area contributed by atoms with Crippen LogP contribution in [0.3, 0.4) is 0 Å². The number of rotatable bonds is 4. The van der Waals surface area contributed by atoms with Gasteiger partial charge in [0.15, 0.2) is 0 Å². The summed E-state index contributed by atoms with van der Waals surface area (Å²) in [7, 11) is 1.92. The summed E-state index contributed by atoms with van der Waals surface area (Å²) >= 11 is 1.67. The van der Waals surface area contributed by atoms with E-state index in [2.05, 4.69) is 21.8 Å². The quantitative estimate of drug-likeness (QED) is 0.917. The zero-order valence-electron chi connectivity index (χ0n) is 10.8. The number of aromatic nitrogens is 2. The first-order chi connectivity index (χ1) is 8.61. The standard InChI is InChI=1S/C13H16N4S/c1-9-11(4-13(5-14)17(9)3)6-15-7-12-8-18-10(2)16-12/h4,8,15H,6-7H2,1-3H3. The molecule has 0 aliphatic carbocycles. The van der Waals surface area contributed by atoms with Crippen LogP contribution in [0.4, 0.5) is 0 Å². The maximum Gasteiger partial charge on any atom is 0.120 e. The second-order valence-corrected chi connectivity index (χ2v) is 5.33. The Balaban J connectivity index is 1.97. The first-order valence-corrected chi connectivity index (χ1v) is 6.66. The summed E-state index contributed by atoms with van der Waals surface area (Å²) in [6.45, 7) is 5.57. The maximum atomic E-state index is 8.96. The fourth-order valence-electron chi connectivity index (χ4n) is 1.86. The molecule has 0 amide bonds. The minimum absolute atomic E-state index is 0.703. The number of hydrogen-bond acceptors (Lipinski definition) is 4. The Morgan fingerprint density at radius 2 is 2.22 bits per heavy atom. The lowest BCUT2D eigenvalue weighted by atomic mass is 10.2. The minimum Gasteiger partial charge on any atom is -0.340 e. The maximum absolute atomic E-state index is 8.96. The van der Waals surface area contributed by atoms with Crippen molar-refractivity contribution in [1.82, 2.24) is 14.9 Å². The van der Waals surface area contributed by atoms with Crippen molar-refractivity contribution in [1.29, 1.82) is 5.26 Å². The number of nitriles is 1. The lowest BCUT2D eigenvalue weighted by Crippen LogP contribution is -2.13. The molecule has 0 bridgehead atoms. The van der Waals surface area contributed by atoms with Crippen molar-refractivity contribution in [2.24, 2.45) is 7.05 Å². The van der Waals surface area contributed by atoms with E-state index in [-0.39, 0.29) is 0 Å². The number of nitrogens with zero attached hydrogens (tertiary/aromatic N) is 3. The van der Waals surface area contributed by atoms with Crippen LogP contribution in [0.25, 0.3) is 0 Å². The van der Waals surface area contributed by atoms with Gasteiger partial charge in [0.05, 0.1) is 10.7 Å². The number of nitrogens with one attached hydrogen (secondary N) is 1. The number of aryl methyl sites for hydroxylation is 1. The van der Waals surface area contributed by atoms with E-state index < -0.39 is 0 Å². The molecule has 0 aliphatic heterocycles. The van der Waals surface area contributed by atoms with Gasteiger partial charge in [-0.05, 0) is 25.5 Å². The van der Waals surface area contributed by atoms with Gasteiger partial charge >= 0.3 is 0 Å². The summed E-state index contributed by atoms with van der Waals surface area (Å²) in [6, 6.07) is 4.13. The Morgan fingerprint density at radius 3 is 2.78 bits per heavy atom. The third-order valence-corrected chi connectivity index (χ3v) is 3.87. The van der Waals surface area contributed by atoms with Crippen molar-refractivity contribution >= 4 is 11.3 Å². The molecule has 0 aliphatic rings. The molecular weight excluding hydrogens is 244 g/mol. The predicted molar refractivity (Wildman–Crippen MR) is 72.3 cm³/mol. The molecule has 1 N–H and O–H groups in total. The topological polar surface area (TPSA) is 53.6 Å². The molecule has 0 radical (unpaired) electrons. The number of hydrogen-bond donors (Lipinski definition) is 1.